The van der Waals surface area contributed by atoms with Gasteiger partial charge in [0, 0.05) is 18.0 Å². The van der Waals surface area contributed by atoms with Gasteiger partial charge in [0.15, 0.2) is 0 Å². The summed E-state index contributed by atoms with van der Waals surface area (Å²) in [5, 5.41) is 4.88. The van der Waals surface area contributed by atoms with Gasteiger partial charge in [-0.2, -0.15) is 0 Å². The molecule has 1 saturated heterocycles. The molecule has 2 N–H and O–H groups in total. The molecule has 25 heavy (non-hydrogen) atoms. The van der Waals surface area contributed by atoms with Gasteiger partial charge in [-0.25, -0.2) is 0 Å². The van der Waals surface area contributed by atoms with E-state index in [2.05, 4.69) is 10.6 Å². The lowest BCUT2D eigenvalue weighted by Gasteiger charge is -2.27. The quantitative estimate of drug-likeness (QED) is 0.775. The summed E-state index contributed by atoms with van der Waals surface area (Å²) in [4.78, 5) is 61.2. The first-order valence-electron chi connectivity index (χ1n) is 8.12. The van der Waals surface area contributed by atoms with E-state index in [4.69, 9.17) is 0 Å². The predicted octanol–water partition coefficient (Wildman–Crippen LogP) is 0.436. The Hall–Kier alpha value is -3.03. The van der Waals surface area contributed by atoms with E-state index in [0.29, 0.717) is 5.69 Å². The molecule has 1 atom stereocenters. The number of imide groups is 2. The molecule has 5 amide bonds. The number of anilines is 1. The fourth-order valence-electron chi connectivity index (χ4n) is 3.14. The van der Waals surface area contributed by atoms with Crippen LogP contribution >= 0.6 is 0 Å². The largest absolute Gasteiger partial charge is 0.326 e. The second kappa shape index (κ2) is 5.51. The number of nitrogens with zero attached hydrogens (tertiary/aromatic N) is 1. The van der Waals surface area contributed by atoms with Gasteiger partial charge in [0.25, 0.3) is 11.8 Å². The molecule has 0 spiro atoms. The van der Waals surface area contributed by atoms with Crippen molar-refractivity contribution >= 4 is 35.2 Å². The fraction of sp³-hybridized carbons (Fsp3) is 0.353. The number of rotatable bonds is 3. The molecule has 0 aromatic heterocycles. The molecule has 1 aliphatic carbocycles. The minimum atomic E-state index is -0.991. The van der Waals surface area contributed by atoms with Crippen LogP contribution in [0.3, 0.4) is 0 Å². The maximum Gasteiger partial charge on any atom is 0.262 e. The Morgan fingerprint density at radius 2 is 1.76 bits per heavy atom. The van der Waals surface area contributed by atoms with Crippen molar-refractivity contribution < 1.29 is 24.0 Å². The monoisotopic (exact) mass is 341 g/mol. The number of carbonyl (C=O) groups is 5. The van der Waals surface area contributed by atoms with E-state index in [-0.39, 0.29) is 35.8 Å². The lowest BCUT2D eigenvalue weighted by atomic mass is 10.0. The predicted molar refractivity (Wildman–Crippen MR) is 84.5 cm³/mol. The van der Waals surface area contributed by atoms with Crippen LogP contribution in [0.5, 0.6) is 0 Å². The minimum absolute atomic E-state index is 0.0190. The van der Waals surface area contributed by atoms with E-state index < -0.39 is 29.7 Å². The highest BCUT2D eigenvalue weighted by molar-refractivity contribution is 6.23. The van der Waals surface area contributed by atoms with Crippen LogP contribution in [0.4, 0.5) is 5.69 Å². The normalized spacial score (nSPS) is 22.7. The maximum atomic E-state index is 12.6. The number of fused-ring (bicyclic) bond motifs is 1. The smallest absolute Gasteiger partial charge is 0.262 e. The van der Waals surface area contributed by atoms with Crippen LogP contribution < -0.4 is 10.6 Å². The number of piperidine rings is 1. The zero-order valence-electron chi connectivity index (χ0n) is 13.2. The van der Waals surface area contributed by atoms with Gasteiger partial charge in [0.2, 0.25) is 17.7 Å². The van der Waals surface area contributed by atoms with Gasteiger partial charge in [0.1, 0.15) is 6.04 Å². The van der Waals surface area contributed by atoms with Crippen molar-refractivity contribution in [3.63, 3.8) is 0 Å². The average molecular weight is 341 g/mol. The molecule has 128 valence electrons. The minimum Gasteiger partial charge on any atom is -0.326 e. The SMILES string of the molecule is O=C1CCC(N2C(=O)c3ccc(NC(=O)C4CC4)cc3C2=O)C(=O)N1. The van der Waals surface area contributed by atoms with Crippen LogP contribution in [0.1, 0.15) is 46.4 Å². The molecule has 2 aliphatic heterocycles. The highest BCUT2D eigenvalue weighted by Crippen LogP contribution is 2.32. The molecular formula is C17H15N3O5. The second-order valence-electron chi connectivity index (χ2n) is 6.47. The zero-order valence-corrected chi connectivity index (χ0v) is 13.2. The topological polar surface area (TPSA) is 113 Å². The summed E-state index contributed by atoms with van der Waals surface area (Å²) >= 11 is 0. The molecule has 3 aliphatic rings. The summed E-state index contributed by atoms with van der Waals surface area (Å²) in [5.41, 5.74) is 0.796. The summed E-state index contributed by atoms with van der Waals surface area (Å²) < 4.78 is 0. The van der Waals surface area contributed by atoms with E-state index in [1.807, 2.05) is 0 Å². The van der Waals surface area contributed by atoms with Crippen molar-refractivity contribution in [1.29, 1.82) is 0 Å². The zero-order chi connectivity index (χ0) is 17.7. The number of carbonyl (C=O) groups excluding carboxylic acids is 5. The number of hydrogen-bond donors (Lipinski definition) is 2. The summed E-state index contributed by atoms with van der Waals surface area (Å²) in [6.45, 7) is 0. The fourth-order valence-corrected chi connectivity index (χ4v) is 3.14. The molecule has 1 aromatic carbocycles. The van der Waals surface area contributed by atoms with Gasteiger partial charge in [0.05, 0.1) is 11.1 Å². The molecule has 1 aromatic rings. The Morgan fingerprint density at radius 1 is 1.04 bits per heavy atom. The molecule has 0 bridgehead atoms. The Bertz CT molecular complexity index is 843. The summed E-state index contributed by atoms with van der Waals surface area (Å²) in [7, 11) is 0. The van der Waals surface area contributed by atoms with Crippen molar-refractivity contribution in [2.45, 2.75) is 31.7 Å². The van der Waals surface area contributed by atoms with Gasteiger partial charge in [-0.15, -0.1) is 0 Å². The Balaban J connectivity index is 1.59. The first-order valence-corrected chi connectivity index (χ1v) is 8.12. The van der Waals surface area contributed by atoms with E-state index in [1.165, 1.54) is 12.1 Å². The highest BCUT2D eigenvalue weighted by Gasteiger charge is 2.44. The second-order valence-corrected chi connectivity index (χ2v) is 6.47. The van der Waals surface area contributed by atoms with Crippen molar-refractivity contribution in [2.75, 3.05) is 5.32 Å². The van der Waals surface area contributed by atoms with Gasteiger partial charge in [-0.1, -0.05) is 0 Å². The third-order valence-corrected chi connectivity index (χ3v) is 4.66. The summed E-state index contributed by atoms with van der Waals surface area (Å²) in [6, 6.07) is 3.51. The first kappa shape index (κ1) is 15.5. The van der Waals surface area contributed by atoms with E-state index in [9.17, 15) is 24.0 Å². The van der Waals surface area contributed by atoms with Gasteiger partial charge in [-0.05, 0) is 37.5 Å². The lowest BCUT2D eigenvalue weighted by molar-refractivity contribution is -0.136. The molecule has 4 rings (SSSR count). The van der Waals surface area contributed by atoms with Crippen molar-refractivity contribution in [3.05, 3.63) is 29.3 Å². The number of benzene rings is 1. The van der Waals surface area contributed by atoms with Crippen LogP contribution in [-0.2, 0) is 14.4 Å². The standard InChI is InChI=1S/C17H15N3O5/c21-13-6-5-12(15(23)19-13)20-16(24)10-4-3-9(7-11(10)17(20)25)18-14(22)8-1-2-8/h3-4,7-8,12H,1-2,5-6H2,(H,18,22)(H,19,21,23). The van der Waals surface area contributed by atoms with Gasteiger partial charge in [-0.3, -0.25) is 34.2 Å². The summed E-state index contributed by atoms with van der Waals surface area (Å²) in [6.07, 6.45) is 1.91. The average Bonchev–Trinajstić information content (AvgIpc) is 3.38. The molecule has 1 unspecified atom stereocenters. The Morgan fingerprint density at radius 3 is 2.44 bits per heavy atom. The molecule has 0 radical (unpaired) electrons. The van der Waals surface area contributed by atoms with Crippen LogP contribution in [0.2, 0.25) is 0 Å². The summed E-state index contributed by atoms with van der Waals surface area (Å²) in [5.74, 6) is -2.29. The highest BCUT2D eigenvalue weighted by atomic mass is 16.2. The van der Waals surface area contributed by atoms with Crippen LogP contribution in [0.25, 0.3) is 0 Å². The molecule has 1 saturated carbocycles. The van der Waals surface area contributed by atoms with Gasteiger partial charge < -0.3 is 5.32 Å². The molecule has 2 fully saturated rings. The van der Waals surface area contributed by atoms with Crippen LogP contribution in [-0.4, -0.2) is 40.5 Å². The van der Waals surface area contributed by atoms with Crippen molar-refractivity contribution in [3.8, 4) is 0 Å². The Labute approximate surface area is 142 Å². The third kappa shape index (κ3) is 2.59. The van der Waals surface area contributed by atoms with E-state index in [1.54, 1.807) is 6.07 Å². The molecular weight excluding hydrogens is 326 g/mol. The van der Waals surface area contributed by atoms with E-state index >= 15 is 0 Å². The number of nitrogens with one attached hydrogen (secondary N) is 2. The van der Waals surface area contributed by atoms with Crippen molar-refractivity contribution in [1.82, 2.24) is 10.2 Å². The maximum absolute atomic E-state index is 12.6. The molecule has 8 heteroatoms. The molecule has 8 nitrogen and oxygen atoms in total. The Kier molecular flexibility index (Phi) is 3.41. The number of hydrogen-bond acceptors (Lipinski definition) is 5. The van der Waals surface area contributed by atoms with Gasteiger partial charge >= 0.3 is 0 Å². The van der Waals surface area contributed by atoms with Crippen molar-refractivity contribution in [2.24, 2.45) is 5.92 Å². The number of amides is 5. The molecule has 2 heterocycles. The first-order chi connectivity index (χ1) is 12.0. The third-order valence-electron chi connectivity index (χ3n) is 4.66. The van der Waals surface area contributed by atoms with Crippen LogP contribution in [0.15, 0.2) is 18.2 Å². The van der Waals surface area contributed by atoms with E-state index in [0.717, 1.165) is 17.7 Å². The van der Waals surface area contributed by atoms with Crippen LogP contribution in [0, 0.1) is 5.92 Å². The lowest BCUT2D eigenvalue weighted by Crippen LogP contribution is -2.54.